The Morgan fingerprint density at radius 2 is 1.80 bits per heavy atom. The molecule has 0 aliphatic rings. The predicted molar refractivity (Wildman–Crippen MR) is 133 cm³/mol. The van der Waals surface area contributed by atoms with E-state index in [2.05, 4.69) is 38.7 Å². The van der Waals surface area contributed by atoms with Gasteiger partial charge in [0.2, 0.25) is 5.82 Å². The standard InChI is InChI=1S/C25H20N6O3S/c1-16-7-12-20-21(13-16)35-25(27-20)18-8-10-19(11-9-18)26-22(32)15-34-23(33)14-31-29-24(28-30-31)17-5-3-2-4-6-17/h2-13H,14-15H2,1H3,(H,26,32). The van der Waals surface area contributed by atoms with Gasteiger partial charge in [-0.15, -0.1) is 21.5 Å². The smallest absolute Gasteiger partial charge is 0.330 e. The van der Waals surface area contributed by atoms with E-state index >= 15 is 0 Å². The first-order valence-corrected chi connectivity index (χ1v) is 11.6. The van der Waals surface area contributed by atoms with Gasteiger partial charge in [0.1, 0.15) is 5.01 Å². The van der Waals surface area contributed by atoms with Gasteiger partial charge in [0.25, 0.3) is 5.91 Å². The predicted octanol–water partition coefficient (Wildman–Crippen LogP) is 4.11. The van der Waals surface area contributed by atoms with E-state index in [9.17, 15) is 9.59 Å². The second-order valence-corrected chi connectivity index (χ2v) is 8.82. The number of thiazole rings is 1. The van der Waals surface area contributed by atoms with Gasteiger partial charge in [-0.3, -0.25) is 4.79 Å². The van der Waals surface area contributed by atoms with Crippen molar-refractivity contribution in [3.63, 3.8) is 0 Å². The average Bonchev–Trinajstić information content (AvgIpc) is 3.51. The fourth-order valence-electron chi connectivity index (χ4n) is 3.37. The Morgan fingerprint density at radius 3 is 2.60 bits per heavy atom. The zero-order chi connectivity index (χ0) is 24.2. The van der Waals surface area contributed by atoms with E-state index in [-0.39, 0.29) is 6.54 Å². The van der Waals surface area contributed by atoms with Crippen molar-refractivity contribution in [1.29, 1.82) is 0 Å². The lowest BCUT2D eigenvalue weighted by Crippen LogP contribution is -2.23. The van der Waals surface area contributed by atoms with Crippen LogP contribution in [-0.2, 0) is 20.9 Å². The Morgan fingerprint density at radius 1 is 1.00 bits per heavy atom. The molecule has 0 aliphatic carbocycles. The average molecular weight is 485 g/mol. The first kappa shape index (κ1) is 22.4. The van der Waals surface area contributed by atoms with Crippen molar-refractivity contribution >= 4 is 39.1 Å². The van der Waals surface area contributed by atoms with Crippen molar-refractivity contribution in [2.45, 2.75) is 13.5 Å². The summed E-state index contributed by atoms with van der Waals surface area (Å²) in [7, 11) is 0. The largest absolute Gasteiger partial charge is 0.454 e. The molecule has 5 rings (SSSR count). The Labute approximate surface area is 204 Å². The molecule has 1 N–H and O–H groups in total. The highest BCUT2D eigenvalue weighted by Crippen LogP contribution is 2.31. The molecule has 5 aromatic rings. The number of amides is 1. The first-order chi connectivity index (χ1) is 17.0. The second kappa shape index (κ2) is 9.82. The van der Waals surface area contributed by atoms with Crippen LogP contribution in [0, 0.1) is 6.92 Å². The molecule has 10 heteroatoms. The molecule has 0 bridgehead atoms. The highest BCUT2D eigenvalue weighted by atomic mass is 32.1. The summed E-state index contributed by atoms with van der Waals surface area (Å²) in [5.41, 5.74) is 4.50. The molecule has 0 unspecified atom stereocenters. The summed E-state index contributed by atoms with van der Waals surface area (Å²) in [6.07, 6.45) is 0. The number of ether oxygens (including phenoxy) is 1. The molecule has 0 atom stereocenters. The molecule has 0 fully saturated rings. The molecule has 0 radical (unpaired) electrons. The maximum atomic E-state index is 12.2. The van der Waals surface area contributed by atoms with E-state index in [0.29, 0.717) is 11.5 Å². The van der Waals surface area contributed by atoms with Crippen molar-refractivity contribution in [2.75, 3.05) is 11.9 Å². The quantitative estimate of drug-likeness (QED) is 0.346. The Balaban J connectivity index is 1.12. The van der Waals surface area contributed by atoms with Gasteiger partial charge in [0.05, 0.1) is 10.2 Å². The monoisotopic (exact) mass is 484 g/mol. The Hall–Kier alpha value is -4.44. The van der Waals surface area contributed by atoms with Crippen LogP contribution in [0.15, 0.2) is 72.8 Å². The van der Waals surface area contributed by atoms with Crippen LogP contribution in [0.1, 0.15) is 5.56 Å². The summed E-state index contributed by atoms with van der Waals surface area (Å²) >= 11 is 1.62. The number of aryl methyl sites for hydroxylation is 1. The van der Waals surface area contributed by atoms with E-state index < -0.39 is 18.5 Å². The zero-order valence-electron chi connectivity index (χ0n) is 18.7. The fourth-order valence-corrected chi connectivity index (χ4v) is 4.44. The van der Waals surface area contributed by atoms with Crippen LogP contribution in [0.4, 0.5) is 5.69 Å². The van der Waals surface area contributed by atoms with Gasteiger partial charge in [0.15, 0.2) is 13.2 Å². The molecule has 0 aliphatic heterocycles. The molecule has 0 saturated heterocycles. The number of anilines is 1. The van der Waals surface area contributed by atoms with E-state index in [1.54, 1.807) is 23.5 Å². The number of nitrogens with one attached hydrogen (secondary N) is 1. The van der Waals surface area contributed by atoms with Crippen LogP contribution in [0.3, 0.4) is 0 Å². The number of nitrogens with zero attached hydrogens (tertiary/aromatic N) is 5. The maximum absolute atomic E-state index is 12.2. The molecular weight excluding hydrogens is 464 g/mol. The molecule has 1 amide bonds. The minimum Gasteiger partial charge on any atom is -0.454 e. The number of rotatable bonds is 7. The number of aromatic nitrogens is 5. The SMILES string of the molecule is Cc1ccc2nc(-c3ccc(NC(=O)COC(=O)Cn4nnc(-c5ccccc5)n4)cc3)sc2c1. The number of benzene rings is 3. The van der Waals surface area contributed by atoms with Crippen LogP contribution in [0.2, 0.25) is 0 Å². The minimum absolute atomic E-state index is 0.247. The minimum atomic E-state index is -0.640. The molecule has 174 valence electrons. The third-order valence-electron chi connectivity index (χ3n) is 5.08. The van der Waals surface area contributed by atoms with Crippen LogP contribution >= 0.6 is 11.3 Å². The van der Waals surface area contributed by atoms with Crippen LogP contribution < -0.4 is 5.32 Å². The van der Waals surface area contributed by atoms with Crippen molar-refractivity contribution in [3.8, 4) is 22.0 Å². The fraction of sp³-hybridized carbons (Fsp3) is 0.120. The third kappa shape index (κ3) is 5.39. The first-order valence-electron chi connectivity index (χ1n) is 10.8. The van der Waals surface area contributed by atoms with Gasteiger partial charge in [-0.2, -0.15) is 4.80 Å². The summed E-state index contributed by atoms with van der Waals surface area (Å²) < 4.78 is 6.18. The lowest BCUT2D eigenvalue weighted by molar-refractivity contribution is -0.148. The van der Waals surface area contributed by atoms with E-state index in [1.165, 1.54) is 5.56 Å². The molecule has 0 saturated carbocycles. The normalized spacial score (nSPS) is 10.9. The van der Waals surface area contributed by atoms with E-state index in [0.717, 1.165) is 31.1 Å². The summed E-state index contributed by atoms with van der Waals surface area (Å²) in [6.45, 7) is 1.39. The zero-order valence-corrected chi connectivity index (χ0v) is 19.5. The lowest BCUT2D eigenvalue weighted by Gasteiger charge is -2.07. The summed E-state index contributed by atoms with van der Waals surface area (Å²) in [5.74, 6) is -0.683. The molecule has 2 heterocycles. The lowest BCUT2D eigenvalue weighted by atomic mass is 10.2. The Bertz CT molecular complexity index is 1490. The topological polar surface area (TPSA) is 112 Å². The third-order valence-corrected chi connectivity index (χ3v) is 6.15. The number of hydrogen-bond donors (Lipinski definition) is 1. The van der Waals surface area contributed by atoms with Gasteiger partial charge in [-0.05, 0) is 54.1 Å². The van der Waals surface area contributed by atoms with Crippen LogP contribution in [0.5, 0.6) is 0 Å². The number of fused-ring (bicyclic) bond motifs is 1. The molecule has 0 spiro atoms. The van der Waals surface area contributed by atoms with Gasteiger partial charge in [-0.25, -0.2) is 9.78 Å². The summed E-state index contributed by atoms with van der Waals surface area (Å²) in [6, 6.07) is 22.8. The van der Waals surface area contributed by atoms with Gasteiger partial charge < -0.3 is 10.1 Å². The number of carbonyl (C=O) groups excluding carboxylic acids is 2. The summed E-state index contributed by atoms with van der Waals surface area (Å²) in [5, 5.41) is 15.6. The van der Waals surface area contributed by atoms with Crippen molar-refractivity contribution in [2.24, 2.45) is 0 Å². The molecule has 9 nitrogen and oxygen atoms in total. The Kier molecular flexibility index (Phi) is 6.27. The summed E-state index contributed by atoms with van der Waals surface area (Å²) in [4.78, 5) is 30.1. The molecular formula is C25H20N6O3S. The van der Waals surface area contributed by atoms with Crippen molar-refractivity contribution in [1.82, 2.24) is 25.2 Å². The second-order valence-electron chi connectivity index (χ2n) is 7.79. The number of carbonyl (C=O) groups is 2. The van der Waals surface area contributed by atoms with Gasteiger partial charge in [0, 0.05) is 16.8 Å². The van der Waals surface area contributed by atoms with E-state index in [1.807, 2.05) is 54.6 Å². The van der Waals surface area contributed by atoms with Crippen LogP contribution in [0.25, 0.3) is 32.2 Å². The highest BCUT2D eigenvalue weighted by Gasteiger charge is 2.13. The maximum Gasteiger partial charge on any atom is 0.330 e. The van der Waals surface area contributed by atoms with E-state index in [4.69, 9.17) is 4.74 Å². The van der Waals surface area contributed by atoms with Crippen molar-refractivity contribution < 1.29 is 14.3 Å². The molecule has 2 aromatic heterocycles. The number of hydrogen-bond acceptors (Lipinski definition) is 8. The van der Waals surface area contributed by atoms with Crippen LogP contribution in [-0.4, -0.2) is 43.7 Å². The van der Waals surface area contributed by atoms with Gasteiger partial charge in [-0.1, -0.05) is 36.4 Å². The highest BCUT2D eigenvalue weighted by molar-refractivity contribution is 7.21. The molecule has 3 aromatic carbocycles. The number of tetrazole rings is 1. The van der Waals surface area contributed by atoms with Crippen molar-refractivity contribution in [3.05, 3.63) is 78.4 Å². The number of esters is 1. The molecule has 35 heavy (non-hydrogen) atoms. The van der Waals surface area contributed by atoms with Gasteiger partial charge >= 0.3 is 5.97 Å².